The lowest BCUT2D eigenvalue weighted by Gasteiger charge is -2.30. The van der Waals surface area contributed by atoms with Crippen LogP contribution in [0.5, 0.6) is 0 Å². The van der Waals surface area contributed by atoms with Gasteiger partial charge in [0.1, 0.15) is 11.6 Å². The highest BCUT2D eigenvalue weighted by atomic mass is 35.5. The molecule has 142 valence electrons. The van der Waals surface area contributed by atoms with E-state index in [1.807, 2.05) is 0 Å². The molecule has 9 heteroatoms. The van der Waals surface area contributed by atoms with Gasteiger partial charge in [0.15, 0.2) is 0 Å². The van der Waals surface area contributed by atoms with E-state index in [4.69, 9.17) is 17.3 Å². The Labute approximate surface area is 159 Å². The Balaban J connectivity index is 0.00000243. The second-order valence-corrected chi connectivity index (χ2v) is 6.72. The normalized spacial score (nSPS) is 20.5. The first kappa shape index (κ1) is 20.6. The molecule has 2 N–H and O–H groups in total. The Bertz CT molecular complexity index is 813. The van der Waals surface area contributed by atoms with Gasteiger partial charge < -0.3 is 5.73 Å². The third-order valence-corrected chi connectivity index (χ3v) is 4.86. The summed E-state index contributed by atoms with van der Waals surface area (Å²) in [5, 5.41) is 0.521. The SMILES string of the molecule is Cl.Nc1cc(=O)n(-c2ccc(Cl)cc2)c(C2CCC(C(F)(F)F)CC2)n1. The van der Waals surface area contributed by atoms with Gasteiger partial charge in [-0.1, -0.05) is 11.6 Å². The zero-order chi connectivity index (χ0) is 18.2. The standard InChI is InChI=1S/C17H17ClF3N3O.ClH/c18-12-5-7-13(8-6-12)24-15(25)9-14(22)23-16(24)10-1-3-11(4-2-10)17(19,20)21;/h5-11H,1-4,22H2;1H. The lowest BCUT2D eigenvalue weighted by Crippen LogP contribution is -2.31. The largest absolute Gasteiger partial charge is 0.391 e. The fourth-order valence-corrected chi connectivity index (χ4v) is 3.45. The van der Waals surface area contributed by atoms with Crippen LogP contribution in [0.2, 0.25) is 5.02 Å². The number of rotatable bonds is 2. The Morgan fingerprint density at radius 3 is 2.23 bits per heavy atom. The molecule has 1 fully saturated rings. The van der Waals surface area contributed by atoms with Gasteiger partial charge in [-0.15, -0.1) is 12.4 Å². The van der Waals surface area contributed by atoms with E-state index in [1.54, 1.807) is 24.3 Å². The highest BCUT2D eigenvalue weighted by molar-refractivity contribution is 6.30. The summed E-state index contributed by atoms with van der Waals surface area (Å²) in [4.78, 5) is 16.7. The van der Waals surface area contributed by atoms with E-state index in [0.717, 1.165) is 0 Å². The molecule has 0 amide bonds. The summed E-state index contributed by atoms with van der Waals surface area (Å²) in [5.74, 6) is -1.05. The van der Waals surface area contributed by atoms with Gasteiger partial charge in [0.25, 0.3) is 5.56 Å². The number of nitrogen functional groups attached to an aromatic ring is 1. The summed E-state index contributed by atoms with van der Waals surface area (Å²) >= 11 is 5.88. The van der Waals surface area contributed by atoms with E-state index < -0.39 is 12.1 Å². The molecule has 1 heterocycles. The number of benzene rings is 1. The molecule has 26 heavy (non-hydrogen) atoms. The molecular weight excluding hydrogens is 390 g/mol. The molecule has 3 rings (SSSR count). The minimum atomic E-state index is -4.18. The Morgan fingerprint density at radius 1 is 1.12 bits per heavy atom. The number of anilines is 1. The zero-order valence-electron chi connectivity index (χ0n) is 13.7. The zero-order valence-corrected chi connectivity index (χ0v) is 15.2. The van der Waals surface area contributed by atoms with Crippen molar-refractivity contribution < 1.29 is 13.2 Å². The first-order valence-electron chi connectivity index (χ1n) is 7.98. The van der Waals surface area contributed by atoms with Gasteiger partial charge in [-0.2, -0.15) is 13.2 Å². The van der Waals surface area contributed by atoms with Crippen LogP contribution in [0.3, 0.4) is 0 Å². The molecule has 1 aliphatic carbocycles. The maximum Gasteiger partial charge on any atom is 0.391 e. The van der Waals surface area contributed by atoms with Crippen LogP contribution in [0.1, 0.15) is 37.4 Å². The number of hydrogen-bond acceptors (Lipinski definition) is 3. The van der Waals surface area contributed by atoms with Gasteiger partial charge in [-0.25, -0.2) is 4.98 Å². The Morgan fingerprint density at radius 2 is 1.69 bits per heavy atom. The van der Waals surface area contributed by atoms with Crippen molar-refractivity contribution in [1.29, 1.82) is 0 Å². The molecule has 2 aromatic rings. The highest BCUT2D eigenvalue weighted by Crippen LogP contribution is 2.42. The average Bonchev–Trinajstić information content (AvgIpc) is 2.55. The first-order chi connectivity index (χ1) is 11.8. The molecule has 0 saturated heterocycles. The number of alkyl halides is 3. The predicted molar refractivity (Wildman–Crippen MR) is 97.3 cm³/mol. The molecule has 1 aromatic carbocycles. The van der Waals surface area contributed by atoms with Crippen LogP contribution >= 0.6 is 24.0 Å². The predicted octanol–water partition coefficient (Wildman–Crippen LogP) is 4.73. The molecule has 1 saturated carbocycles. The molecule has 0 atom stereocenters. The van der Waals surface area contributed by atoms with Crippen molar-refractivity contribution in [2.24, 2.45) is 5.92 Å². The van der Waals surface area contributed by atoms with Crippen LogP contribution in [0, 0.1) is 5.92 Å². The van der Waals surface area contributed by atoms with Gasteiger partial charge >= 0.3 is 6.18 Å². The summed E-state index contributed by atoms with van der Waals surface area (Å²) in [6.07, 6.45) is -3.50. The summed E-state index contributed by atoms with van der Waals surface area (Å²) in [7, 11) is 0. The van der Waals surface area contributed by atoms with Crippen molar-refractivity contribution in [3.05, 3.63) is 51.5 Å². The van der Waals surface area contributed by atoms with Crippen molar-refractivity contribution in [1.82, 2.24) is 9.55 Å². The Hall–Kier alpha value is -1.73. The number of nitrogens with two attached hydrogens (primary N) is 1. The molecule has 0 unspecified atom stereocenters. The summed E-state index contributed by atoms with van der Waals surface area (Å²) in [5.41, 5.74) is 5.91. The summed E-state index contributed by atoms with van der Waals surface area (Å²) < 4.78 is 40.0. The minimum Gasteiger partial charge on any atom is -0.383 e. The van der Waals surface area contributed by atoms with Crippen LogP contribution in [0.4, 0.5) is 19.0 Å². The number of nitrogens with zero attached hydrogens (tertiary/aromatic N) is 2. The van der Waals surface area contributed by atoms with Gasteiger partial charge in [0, 0.05) is 17.0 Å². The molecule has 1 aromatic heterocycles. The van der Waals surface area contributed by atoms with Crippen molar-refractivity contribution in [2.75, 3.05) is 5.73 Å². The molecule has 4 nitrogen and oxygen atoms in total. The van der Waals surface area contributed by atoms with Crippen LogP contribution in [-0.4, -0.2) is 15.7 Å². The van der Waals surface area contributed by atoms with E-state index in [2.05, 4.69) is 4.98 Å². The maximum atomic E-state index is 12.9. The van der Waals surface area contributed by atoms with Crippen molar-refractivity contribution >= 4 is 29.8 Å². The van der Waals surface area contributed by atoms with Gasteiger partial charge in [0.2, 0.25) is 0 Å². The summed E-state index contributed by atoms with van der Waals surface area (Å²) in [6.45, 7) is 0. The smallest absolute Gasteiger partial charge is 0.383 e. The Kier molecular flexibility index (Phi) is 6.24. The maximum absolute atomic E-state index is 12.9. The highest BCUT2D eigenvalue weighted by Gasteiger charge is 2.42. The van der Waals surface area contributed by atoms with Crippen molar-refractivity contribution in [3.63, 3.8) is 0 Å². The van der Waals surface area contributed by atoms with E-state index in [1.165, 1.54) is 10.6 Å². The van der Waals surface area contributed by atoms with Gasteiger partial charge in [-0.3, -0.25) is 9.36 Å². The molecule has 1 aliphatic rings. The van der Waals surface area contributed by atoms with Gasteiger partial charge in [0.05, 0.1) is 11.6 Å². The molecular formula is C17H18Cl2F3N3O. The third kappa shape index (κ3) is 4.32. The van der Waals surface area contributed by atoms with Crippen molar-refractivity contribution in [3.8, 4) is 5.69 Å². The third-order valence-electron chi connectivity index (χ3n) is 4.60. The number of hydrogen-bond donors (Lipinski definition) is 1. The van der Waals surface area contributed by atoms with Crippen LogP contribution in [0.15, 0.2) is 35.1 Å². The molecule has 0 radical (unpaired) electrons. The van der Waals surface area contributed by atoms with Gasteiger partial charge in [-0.05, 0) is 49.9 Å². The second-order valence-electron chi connectivity index (χ2n) is 6.28. The van der Waals surface area contributed by atoms with Crippen LogP contribution in [-0.2, 0) is 0 Å². The van der Waals surface area contributed by atoms with Crippen LogP contribution < -0.4 is 11.3 Å². The number of halogens is 5. The van der Waals surface area contributed by atoms with Crippen LogP contribution in [0.25, 0.3) is 5.69 Å². The lowest BCUT2D eigenvalue weighted by molar-refractivity contribution is -0.182. The van der Waals surface area contributed by atoms with E-state index >= 15 is 0 Å². The fraction of sp³-hybridized carbons (Fsp3) is 0.412. The average molecular weight is 408 g/mol. The van der Waals surface area contributed by atoms with E-state index in [0.29, 0.717) is 29.4 Å². The van der Waals surface area contributed by atoms with E-state index in [9.17, 15) is 18.0 Å². The molecule has 0 bridgehead atoms. The topological polar surface area (TPSA) is 60.9 Å². The van der Waals surface area contributed by atoms with Crippen molar-refractivity contribution in [2.45, 2.75) is 37.8 Å². The second kappa shape index (κ2) is 7.88. The quantitative estimate of drug-likeness (QED) is 0.782. The lowest BCUT2D eigenvalue weighted by atomic mass is 9.81. The molecule has 0 spiro atoms. The fourth-order valence-electron chi connectivity index (χ4n) is 3.32. The minimum absolute atomic E-state index is 0. The summed E-state index contributed by atoms with van der Waals surface area (Å²) in [6, 6.07) is 7.84. The monoisotopic (exact) mass is 407 g/mol. The first-order valence-corrected chi connectivity index (χ1v) is 8.35. The van der Waals surface area contributed by atoms with E-state index in [-0.39, 0.29) is 42.5 Å². The number of aromatic nitrogens is 2. The molecule has 0 aliphatic heterocycles.